The van der Waals surface area contributed by atoms with Gasteiger partial charge in [-0.25, -0.2) is 0 Å². The van der Waals surface area contributed by atoms with E-state index < -0.39 is 11.4 Å². The largest absolute Gasteiger partial charge is 0.481 e. The molecule has 0 aromatic heterocycles. The van der Waals surface area contributed by atoms with Crippen molar-refractivity contribution in [2.45, 2.75) is 65.2 Å². The van der Waals surface area contributed by atoms with E-state index in [2.05, 4.69) is 19.2 Å². The summed E-state index contributed by atoms with van der Waals surface area (Å²) in [6, 6.07) is 0. The minimum absolute atomic E-state index is 0.0861. The second-order valence-corrected chi connectivity index (χ2v) is 7.37. The number of amides is 1. The van der Waals surface area contributed by atoms with Gasteiger partial charge in [0.15, 0.2) is 0 Å². The van der Waals surface area contributed by atoms with Gasteiger partial charge in [0.25, 0.3) is 0 Å². The van der Waals surface area contributed by atoms with Gasteiger partial charge in [0.1, 0.15) is 0 Å². The highest BCUT2D eigenvalue weighted by atomic mass is 16.4. The molecule has 2 N–H and O–H groups in total. The summed E-state index contributed by atoms with van der Waals surface area (Å²) in [7, 11) is 0. The summed E-state index contributed by atoms with van der Waals surface area (Å²) in [6.07, 6.45) is 6.62. The monoisotopic (exact) mass is 281 g/mol. The lowest BCUT2D eigenvalue weighted by Crippen LogP contribution is -2.38. The highest BCUT2D eigenvalue weighted by molar-refractivity contribution is 5.85. The van der Waals surface area contributed by atoms with Crippen molar-refractivity contribution in [3.8, 4) is 0 Å². The van der Waals surface area contributed by atoms with Crippen molar-refractivity contribution in [1.82, 2.24) is 5.32 Å². The lowest BCUT2D eigenvalue weighted by atomic mass is 9.77. The number of hydrogen-bond acceptors (Lipinski definition) is 2. The van der Waals surface area contributed by atoms with E-state index in [0.717, 1.165) is 32.1 Å². The predicted octanol–water partition coefficient (Wildman–Crippen LogP) is 2.96. The SMILES string of the molecule is CC1(C)CC1CNC(=O)CC1(C(=O)O)CCCCCC1. The van der Waals surface area contributed by atoms with Gasteiger partial charge in [-0.05, 0) is 30.6 Å². The van der Waals surface area contributed by atoms with Gasteiger partial charge in [-0.3, -0.25) is 9.59 Å². The fourth-order valence-corrected chi connectivity index (χ4v) is 3.40. The number of rotatable bonds is 5. The zero-order valence-corrected chi connectivity index (χ0v) is 12.7. The van der Waals surface area contributed by atoms with Crippen LogP contribution in [0.4, 0.5) is 0 Å². The minimum atomic E-state index is -0.820. The molecule has 2 aliphatic carbocycles. The van der Waals surface area contributed by atoms with Crippen LogP contribution >= 0.6 is 0 Å². The van der Waals surface area contributed by atoms with Crippen LogP contribution in [0.1, 0.15) is 65.2 Å². The Balaban J connectivity index is 1.87. The molecule has 4 heteroatoms. The summed E-state index contributed by atoms with van der Waals surface area (Å²) < 4.78 is 0. The Labute approximate surface area is 121 Å². The fourth-order valence-electron chi connectivity index (χ4n) is 3.40. The van der Waals surface area contributed by atoms with Crippen LogP contribution in [-0.2, 0) is 9.59 Å². The Kier molecular flexibility index (Phi) is 4.40. The van der Waals surface area contributed by atoms with E-state index in [1.807, 2.05) is 0 Å². The topological polar surface area (TPSA) is 66.4 Å². The molecule has 0 aromatic carbocycles. The summed E-state index contributed by atoms with van der Waals surface area (Å²) in [6.45, 7) is 5.10. The van der Waals surface area contributed by atoms with Gasteiger partial charge in [0, 0.05) is 13.0 Å². The van der Waals surface area contributed by atoms with E-state index in [1.165, 1.54) is 0 Å². The lowest BCUT2D eigenvalue weighted by Gasteiger charge is -2.27. The van der Waals surface area contributed by atoms with Crippen molar-refractivity contribution < 1.29 is 14.7 Å². The zero-order chi connectivity index (χ0) is 14.8. The second-order valence-electron chi connectivity index (χ2n) is 7.37. The third-order valence-electron chi connectivity index (χ3n) is 5.28. The van der Waals surface area contributed by atoms with Crippen molar-refractivity contribution in [2.24, 2.45) is 16.7 Å². The van der Waals surface area contributed by atoms with Crippen LogP contribution in [0.2, 0.25) is 0 Å². The van der Waals surface area contributed by atoms with Crippen LogP contribution in [0.5, 0.6) is 0 Å². The first-order chi connectivity index (χ1) is 9.36. The van der Waals surface area contributed by atoms with Crippen molar-refractivity contribution in [3.63, 3.8) is 0 Å². The smallest absolute Gasteiger partial charge is 0.310 e. The summed E-state index contributed by atoms with van der Waals surface area (Å²) in [4.78, 5) is 23.7. The Hall–Kier alpha value is -1.06. The number of carbonyl (C=O) groups excluding carboxylic acids is 1. The van der Waals surface area contributed by atoms with E-state index >= 15 is 0 Å². The van der Waals surface area contributed by atoms with E-state index in [4.69, 9.17) is 0 Å². The lowest BCUT2D eigenvalue weighted by molar-refractivity contribution is -0.152. The quantitative estimate of drug-likeness (QED) is 0.761. The first kappa shape index (κ1) is 15.3. The molecule has 114 valence electrons. The summed E-state index contributed by atoms with van der Waals surface area (Å²) >= 11 is 0. The normalized spacial score (nSPS) is 27.4. The van der Waals surface area contributed by atoms with Crippen LogP contribution in [0.3, 0.4) is 0 Å². The summed E-state index contributed by atoms with van der Waals surface area (Å²) in [5.74, 6) is -0.320. The van der Waals surface area contributed by atoms with Crippen LogP contribution in [0.15, 0.2) is 0 Å². The summed E-state index contributed by atoms with van der Waals surface area (Å²) in [5, 5.41) is 12.5. The number of carboxylic acid groups (broad SMARTS) is 1. The van der Waals surface area contributed by atoms with Crippen LogP contribution < -0.4 is 5.32 Å². The average molecular weight is 281 g/mol. The molecule has 0 radical (unpaired) electrons. The molecule has 2 aliphatic rings. The number of nitrogens with one attached hydrogen (secondary N) is 1. The van der Waals surface area contributed by atoms with Crippen LogP contribution in [0, 0.1) is 16.7 Å². The summed E-state index contributed by atoms with van der Waals surface area (Å²) in [5.41, 5.74) is -0.472. The third kappa shape index (κ3) is 3.53. The van der Waals surface area contributed by atoms with Gasteiger partial charge < -0.3 is 10.4 Å². The molecule has 4 nitrogen and oxygen atoms in total. The molecule has 1 amide bonds. The van der Waals surface area contributed by atoms with Gasteiger partial charge in [-0.1, -0.05) is 39.5 Å². The van der Waals surface area contributed by atoms with E-state index in [0.29, 0.717) is 30.7 Å². The first-order valence-corrected chi connectivity index (χ1v) is 7.86. The molecule has 2 saturated carbocycles. The van der Waals surface area contributed by atoms with E-state index in [-0.39, 0.29) is 12.3 Å². The Morgan fingerprint density at radius 3 is 2.15 bits per heavy atom. The molecular formula is C16H27NO3. The van der Waals surface area contributed by atoms with E-state index in [1.54, 1.807) is 0 Å². The predicted molar refractivity (Wildman–Crippen MR) is 77.3 cm³/mol. The van der Waals surface area contributed by atoms with Crippen molar-refractivity contribution >= 4 is 11.9 Å². The van der Waals surface area contributed by atoms with Crippen LogP contribution in [-0.4, -0.2) is 23.5 Å². The molecule has 0 saturated heterocycles. The van der Waals surface area contributed by atoms with E-state index in [9.17, 15) is 14.7 Å². The maximum absolute atomic E-state index is 12.1. The Bertz CT molecular complexity index is 381. The Morgan fingerprint density at radius 1 is 1.15 bits per heavy atom. The maximum atomic E-state index is 12.1. The molecule has 0 aromatic rings. The molecule has 1 atom stereocenters. The van der Waals surface area contributed by atoms with Crippen molar-refractivity contribution in [3.05, 3.63) is 0 Å². The van der Waals surface area contributed by atoms with Crippen LogP contribution in [0.25, 0.3) is 0 Å². The van der Waals surface area contributed by atoms with Crippen molar-refractivity contribution in [1.29, 1.82) is 0 Å². The van der Waals surface area contributed by atoms with Gasteiger partial charge in [-0.2, -0.15) is 0 Å². The van der Waals surface area contributed by atoms with Gasteiger partial charge >= 0.3 is 5.97 Å². The molecule has 0 bridgehead atoms. The highest BCUT2D eigenvalue weighted by Crippen LogP contribution is 2.51. The minimum Gasteiger partial charge on any atom is -0.481 e. The Morgan fingerprint density at radius 2 is 1.70 bits per heavy atom. The first-order valence-electron chi connectivity index (χ1n) is 7.86. The molecule has 0 aliphatic heterocycles. The average Bonchev–Trinajstić information content (AvgIpc) is 3.04. The standard InChI is InChI=1S/C16H27NO3/c1-15(2)9-12(15)11-17-13(18)10-16(14(19)20)7-5-3-4-6-8-16/h12H,3-11H2,1-2H3,(H,17,18)(H,19,20). The number of aliphatic carboxylic acids is 1. The number of hydrogen-bond donors (Lipinski definition) is 2. The second kappa shape index (κ2) is 5.74. The molecule has 2 fully saturated rings. The zero-order valence-electron chi connectivity index (χ0n) is 12.7. The molecule has 1 unspecified atom stereocenters. The number of carbonyl (C=O) groups is 2. The number of carboxylic acids is 1. The fraction of sp³-hybridized carbons (Fsp3) is 0.875. The molecule has 0 spiro atoms. The maximum Gasteiger partial charge on any atom is 0.310 e. The molecule has 0 heterocycles. The van der Waals surface area contributed by atoms with Gasteiger partial charge in [-0.15, -0.1) is 0 Å². The highest BCUT2D eigenvalue weighted by Gasteiger charge is 2.46. The van der Waals surface area contributed by atoms with Gasteiger partial charge in [0.2, 0.25) is 5.91 Å². The third-order valence-corrected chi connectivity index (χ3v) is 5.28. The van der Waals surface area contributed by atoms with Gasteiger partial charge in [0.05, 0.1) is 5.41 Å². The molecule has 20 heavy (non-hydrogen) atoms. The molecular weight excluding hydrogens is 254 g/mol. The van der Waals surface area contributed by atoms with Crippen molar-refractivity contribution in [2.75, 3.05) is 6.54 Å². The molecule has 2 rings (SSSR count).